The molecule has 0 heterocycles. The van der Waals surface area contributed by atoms with Crippen LogP contribution in [-0.4, -0.2) is 89.2 Å². The smallest absolute Gasteiger partial charge is 0.408 e. The number of fused-ring (bicyclic) bond motifs is 1. The van der Waals surface area contributed by atoms with Crippen LogP contribution in [0.15, 0.2) is 48.5 Å². The Morgan fingerprint density at radius 2 is 1.40 bits per heavy atom. The van der Waals surface area contributed by atoms with Gasteiger partial charge in [0, 0.05) is 18.6 Å². The SMILES string of the molecule is COC(=O)C(C)(C)NC(=O)[C@H](CCSC[C@@](O)(c1ccccc1)c1ccc2c(c1)C[C@](NC(=O)OC(C)(C)C)(C(=O)OC)C2)NC(=O)OC(C)(C)C. The summed E-state index contributed by atoms with van der Waals surface area (Å²) < 4.78 is 20.7. The van der Waals surface area contributed by atoms with Crippen LogP contribution >= 0.6 is 11.8 Å². The second-order valence-corrected chi connectivity index (χ2v) is 16.5. The number of amides is 3. The second kappa shape index (κ2) is 16.6. The van der Waals surface area contributed by atoms with Gasteiger partial charge in [-0.15, -0.1) is 0 Å². The highest BCUT2D eigenvalue weighted by molar-refractivity contribution is 7.99. The summed E-state index contributed by atoms with van der Waals surface area (Å²) >= 11 is 1.36. The maximum Gasteiger partial charge on any atom is 0.408 e. The third-order valence-electron chi connectivity index (χ3n) is 8.24. The Bertz CT molecular complexity index is 1620. The summed E-state index contributed by atoms with van der Waals surface area (Å²) in [6.45, 7) is 13.3. The molecular formula is C38H53N3O10S. The Labute approximate surface area is 310 Å². The van der Waals surface area contributed by atoms with E-state index in [1.165, 1.54) is 39.8 Å². The summed E-state index contributed by atoms with van der Waals surface area (Å²) in [5, 5.41) is 20.4. The molecule has 3 amide bonds. The van der Waals surface area contributed by atoms with E-state index in [2.05, 4.69) is 16.0 Å². The van der Waals surface area contributed by atoms with Gasteiger partial charge in [-0.2, -0.15) is 11.8 Å². The Balaban J connectivity index is 1.86. The molecule has 0 aromatic heterocycles. The molecule has 2 aromatic carbocycles. The van der Waals surface area contributed by atoms with E-state index in [9.17, 15) is 29.1 Å². The quantitative estimate of drug-likeness (QED) is 0.129. The number of carbonyl (C=O) groups is 5. The number of benzene rings is 2. The zero-order chi connectivity index (χ0) is 39.1. The van der Waals surface area contributed by atoms with Gasteiger partial charge in [0.15, 0.2) is 0 Å². The topological polar surface area (TPSA) is 179 Å². The molecule has 13 nitrogen and oxygen atoms in total. The number of esters is 2. The van der Waals surface area contributed by atoms with Crippen molar-refractivity contribution in [2.24, 2.45) is 0 Å². The van der Waals surface area contributed by atoms with Crippen molar-refractivity contribution in [2.75, 3.05) is 25.7 Å². The van der Waals surface area contributed by atoms with Gasteiger partial charge in [-0.05, 0) is 89.8 Å². The van der Waals surface area contributed by atoms with Crippen molar-refractivity contribution in [1.82, 2.24) is 16.0 Å². The Morgan fingerprint density at radius 3 is 1.98 bits per heavy atom. The minimum atomic E-state index is -1.51. The van der Waals surface area contributed by atoms with E-state index in [0.717, 1.165) is 11.1 Å². The Kier molecular flexibility index (Phi) is 13.4. The van der Waals surface area contributed by atoms with E-state index >= 15 is 0 Å². The lowest BCUT2D eigenvalue weighted by Gasteiger charge is -2.30. The molecule has 3 atom stereocenters. The zero-order valence-electron chi connectivity index (χ0n) is 31.8. The van der Waals surface area contributed by atoms with Gasteiger partial charge < -0.3 is 40.0 Å². The number of nitrogens with one attached hydrogen (secondary N) is 3. The molecule has 0 aliphatic heterocycles. The van der Waals surface area contributed by atoms with Crippen molar-refractivity contribution >= 4 is 41.8 Å². The van der Waals surface area contributed by atoms with E-state index in [1.54, 1.807) is 47.6 Å². The number of methoxy groups -OCH3 is 2. The number of aliphatic hydroxyl groups is 1. The fourth-order valence-corrected chi connectivity index (χ4v) is 6.97. The van der Waals surface area contributed by atoms with Gasteiger partial charge in [-0.1, -0.05) is 48.5 Å². The maximum absolute atomic E-state index is 13.4. The van der Waals surface area contributed by atoms with Gasteiger partial charge >= 0.3 is 24.1 Å². The molecule has 1 aliphatic carbocycles. The van der Waals surface area contributed by atoms with Crippen molar-refractivity contribution in [3.05, 3.63) is 70.8 Å². The van der Waals surface area contributed by atoms with Gasteiger partial charge in [0.25, 0.3) is 0 Å². The van der Waals surface area contributed by atoms with Crippen molar-refractivity contribution < 1.29 is 48.0 Å². The van der Waals surface area contributed by atoms with Crippen LogP contribution in [0.5, 0.6) is 0 Å². The van der Waals surface area contributed by atoms with E-state index < -0.39 is 64.0 Å². The van der Waals surface area contributed by atoms with Gasteiger partial charge in [-0.3, -0.25) is 4.79 Å². The molecule has 0 radical (unpaired) electrons. The average molecular weight is 744 g/mol. The number of ether oxygens (including phenoxy) is 4. The first-order chi connectivity index (χ1) is 24.0. The standard InChI is InChI=1S/C38H53N3O10S/c1-34(2,3)50-32(45)39-28(29(42)40-36(7,8)30(43)48-9)18-19-52-23-38(47,26-14-12-11-13-15-26)27-17-16-24-21-37(31(44)49-10,22-25(24)20-27)41-33(46)51-35(4,5)6/h11-17,20,28,47H,18-19,21-23H2,1-10H3,(H,39,45)(H,40,42)(H,41,46)/t28-,37-,38+/m0/s1. The van der Waals surface area contributed by atoms with Crippen LogP contribution in [0, 0.1) is 0 Å². The molecule has 4 N–H and O–H groups in total. The second-order valence-electron chi connectivity index (χ2n) is 15.4. The lowest BCUT2D eigenvalue weighted by Crippen LogP contribution is -2.57. The summed E-state index contributed by atoms with van der Waals surface area (Å²) in [5.41, 5.74) is -3.11. The first kappa shape index (κ1) is 42.1. The first-order valence-corrected chi connectivity index (χ1v) is 18.2. The number of hydrogen-bond acceptors (Lipinski definition) is 11. The minimum Gasteiger partial charge on any atom is -0.467 e. The molecule has 52 heavy (non-hydrogen) atoms. The summed E-state index contributed by atoms with van der Waals surface area (Å²) in [4.78, 5) is 64.3. The van der Waals surface area contributed by atoms with Crippen LogP contribution in [0.1, 0.15) is 84.1 Å². The number of alkyl carbamates (subject to hydrolysis) is 2. The van der Waals surface area contributed by atoms with Crippen LogP contribution < -0.4 is 16.0 Å². The number of rotatable bonds is 13. The summed E-state index contributed by atoms with van der Waals surface area (Å²) in [6.07, 6.45) is -1.11. The van der Waals surface area contributed by atoms with Crippen LogP contribution in [0.4, 0.5) is 9.59 Å². The molecule has 0 unspecified atom stereocenters. The fraction of sp³-hybridized carbons (Fsp3) is 0.553. The van der Waals surface area contributed by atoms with Crippen molar-refractivity contribution in [3.63, 3.8) is 0 Å². The maximum atomic E-state index is 13.4. The molecule has 0 bridgehead atoms. The minimum absolute atomic E-state index is 0.120. The molecule has 3 rings (SSSR count). The van der Waals surface area contributed by atoms with E-state index in [0.29, 0.717) is 16.9 Å². The lowest BCUT2D eigenvalue weighted by atomic mass is 9.86. The van der Waals surface area contributed by atoms with Crippen LogP contribution in [-0.2, 0) is 51.8 Å². The normalized spacial score (nSPS) is 17.4. The Hall–Kier alpha value is -4.30. The van der Waals surface area contributed by atoms with Crippen LogP contribution in [0.3, 0.4) is 0 Å². The molecule has 0 spiro atoms. The number of carbonyl (C=O) groups excluding carboxylic acids is 5. The van der Waals surface area contributed by atoms with Crippen molar-refractivity contribution in [2.45, 2.75) is 109 Å². The van der Waals surface area contributed by atoms with Gasteiger partial charge in [0.1, 0.15) is 33.9 Å². The van der Waals surface area contributed by atoms with Crippen molar-refractivity contribution in [1.29, 1.82) is 0 Å². The molecule has 0 saturated carbocycles. The summed E-state index contributed by atoms with van der Waals surface area (Å²) in [6, 6.07) is 13.5. The van der Waals surface area contributed by atoms with E-state index in [1.807, 2.05) is 42.5 Å². The highest BCUT2D eigenvalue weighted by Crippen LogP contribution is 2.38. The summed E-state index contributed by atoms with van der Waals surface area (Å²) in [7, 11) is 2.48. The predicted octanol–water partition coefficient (Wildman–Crippen LogP) is 4.54. The summed E-state index contributed by atoms with van der Waals surface area (Å²) in [5.74, 6) is -1.40. The third kappa shape index (κ3) is 11.1. The molecule has 14 heteroatoms. The third-order valence-corrected chi connectivity index (χ3v) is 9.38. The lowest BCUT2D eigenvalue weighted by molar-refractivity contribution is -0.149. The molecule has 1 aliphatic rings. The first-order valence-electron chi connectivity index (χ1n) is 17.0. The van der Waals surface area contributed by atoms with Crippen LogP contribution in [0.2, 0.25) is 0 Å². The largest absolute Gasteiger partial charge is 0.467 e. The molecular weight excluding hydrogens is 690 g/mol. The van der Waals surface area contributed by atoms with Gasteiger partial charge in [-0.25, -0.2) is 19.2 Å². The molecule has 0 saturated heterocycles. The monoisotopic (exact) mass is 743 g/mol. The predicted molar refractivity (Wildman–Crippen MR) is 197 cm³/mol. The molecule has 286 valence electrons. The number of thioether (sulfide) groups is 1. The van der Waals surface area contributed by atoms with Crippen molar-refractivity contribution in [3.8, 4) is 0 Å². The molecule has 0 fully saturated rings. The van der Waals surface area contributed by atoms with E-state index in [4.69, 9.17) is 18.9 Å². The highest BCUT2D eigenvalue weighted by Gasteiger charge is 2.48. The van der Waals surface area contributed by atoms with Gasteiger partial charge in [0.2, 0.25) is 5.91 Å². The van der Waals surface area contributed by atoms with Gasteiger partial charge in [0.05, 0.1) is 14.2 Å². The van der Waals surface area contributed by atoms with Crippen LogP contribution in [0.25, 0.3) is 0 Å². The molecule has 2 aromatic rings. The zero-order valence-corrected chi connectivity index (χ0v) is 32.6. The van der Waals surface area contributed by atoms with E-state index in [-0.39, 0.29) is 25.0 Å². The Morgan fingerprint density at radius 1 is 0.808 bits per heavy atom. The average Bonchev–Trinajstić information content (AvgIpc) is 3.41. The fourth-order valence-electron chi connectivity index (χ4n) is 5.80. The number of hydrogen-bond donors (Lipinski definition) is 4. The highest BCUT2D eigenvalue weighted by atomic mass is 32.2.